The molecule has 12 heteroatoms. The first-order valence-electron chi connectivity index (χ1n) is 10.6. The molecule has 2 aromatic heterocycles. The van der Waals surface area contributed by atoms with Gasteiger partial charge in [-0.05, 0) is 71.7 Å². The van der Waals surface area contributed by atoms with Gasteiger partial charge in [-0.15, -0.1) is 0 Å². The van der Waals surface area contributed by atoms with Crippen LogP contribution in [-0.4, -0.2) is 25.5 Å². The highest BCUT2D eigenvalue weighted by Gasteiger charge is 2.30. The molecule has 0 saturated heterocycles. The van der Waals surface area contributed by atoms with Crippen molar-refractivity contribution in [2.45, 2.75) is 33.3 Å². The average Bonchev–Trinajstić information content (AvgIpc) is 3.39. The van der Waals surface area contributed by atoms with Crippen LogP contribution in [0.1, 0.15) is 33.0 Å². The Morgan fingerprint density at radius 3 is 2.64 bits per heavy atom. The molecule has 0 aliphatic heterocycles. The molecule has 0 aliphatic rings. The number of hydrogen-bond acceptors (Lipinski definition) is 4. The summed E-state index contributed by atoms with van der Waals surface area (Å²) in [6, 6.07) is 11.7. The number of alkyl halides is 3. The summed E-state index contributed by atoms with van der Waals surface area (Å²) in [5, 5.41) is 12.0. The van der Waals surface area contributed by atoms with Gasteiger partial charge in [-0.1, -0.05) is 23.7 Å². The van der Waals surface area contributed by atoms with E-state index in [1.165, 1.54) is 10.7 Å². The molecule has 0 spiro atoms. The Bertz CT molecular complexity index is 1420. The predicted molar refractivity (Wildman–Crippen MR) is 132 cm³/mol. The topological polar surface area (TPSA) is 74.0 Å². The molecule has 7 nitrogen and oxygen atoms in total. The standard InChI is InChI=1S/C24H20BrClF3N5O2/c1-14-22(15(2)34(31-14)12-16-4-3-5-17(10-16)24(27,28)29)30-23(35)20-8-9-33(32-20)13-36-21-7-6-18(26)11-19(21)25/h3-11H,12-13H2,1-2H3,(H,30,35). The monoisotopic (exact) mass is 581 g/mol. The Labute approximate surface area is 217 Å². The Morgan fingerprint density at radius 1 is 1.14 bits per heavy atom. The van der Waals surface area contributed by atoms with Crippen molar-refractivity contribution < 1.29 is 22.7 Å². The van der Waals surface area contributed by atoms with Crippen LogP contribution in [0.5, 0.6) is 5.75 Å². The minimum absolute atomic E-state index is 0.0699. The molecule has 4 rings (SSSR count). The summed E-state index contributed by atoms with van der Waals surface area (Å²) in [5.74, 6) is 0.117. The van der Waals surface area contributed by atoms with Gasteiger partial charge in [0, 0.05) is 11.2 Å². The lowest BCUT2D eigenvalue weighted by atomic mass is 10.1. The highest BCUT2D eigenvalue weighted by Crippen LogP contribution is 2.30. The first kappa shape index (κ1) is 25.8. The lowest BCUT2D eigenvalue weighted by Crippen LogP contribution is -2.15. The van der Waals surface area contributed by atoms with Gasteiger partial charge in [-0.25, -0.2) is 4.68 Å². The number of aryl methyl sites for hydroxylation is 1. The van der Waals surface area contributed by atoms with Crippen molar-refractivity contribution >= 4 is 39.1 Å². The van der Waals surface area contributed by atoms with Crippen molar-refractivity contribution in [1.82, 2.24) is 19.6 Å². The Balaban J connectivity index is 1.43. The molecule has 0 fully saturated rings. The Morgan fingerprint density at radius 2 is 1.92 bits per heavy atom. The van der Waals surface area contributed by atoms with E-state index in [0.717, 1.165) is 12.1 Å². The van der Waals surface area contributed by atoms with Crippen LogP contribution in [0.4, 0.5) is 18.9 Å². The second-order valence-electron chi connectivity index (χ2n) is 7.94. The van der Waals surface area contributed by atoms with Crippen LogP contribution in [0.15, 0.2) is 59.2 Å². The summed E-state index contributed by atoms with van der Waals surface area (Å²) in [5.41, 5.74) is 1.50. The number of anilines is 1. The number of carbonyl (C=O) groups is 1. The number of ether oxygens (including phenoxy) is 1. The summed E-state index contributed by atoms with van der Waals surface area (Å²) in [6.07, 6.45) is -2.82. The molecule has 2 heterocycles. The molecular weight excluding hydrogens is 563 g/mol. The maximum atomic E-state index is 13.0. The van der Waals surface area contributed by atoms with Gasteiger partial charge in [0.1, 0.15) is 5.75 Å². The lowest BCUT2D eigenvalue weighted by Gasteiger charge is -2.10. The zero-order valence-corrected chi connectivity index (χ0v) is 21.4. The van der Waals surface area contributed by atoms with Crippen LogP contribution in [0.2, 0.25) is 5.02 Å². The minimum Gasteiger partial charge on any atom is -0.470 e. The van der Waals surface area contributed by atoms with E-state index in [-0.39, 0.29) is 19.0 Å². The number of halogens is 5. The number of aromatic nitrogens is 4. The fourth-order valence-electron chi connectivity index (χ4n) is 3.51. The van der Waals surface area contributed by atoms with Crippen LogP contribution in [0, 0.1) is 13.8 Å². The number of hydrogen-bond donors (Lipinski definition) is 1. The number of amides is 1. The zero-order chi connectivity index (χ0) is 26.0. The number of carbonyl (C=O) groups excluding carboxylic acids is 1. The zero-order valence-electron chi connectivity index (χ0n) is 19.1. The van der Waals surface area contributed by atoms with Gasteiger partial charge in [0.15, 0.2) is 12.4 Å². The molecule has 0 radical (unpaired) electrons. The summed E-state index contributed by atoms with van der Waals surface area (Å²) in [6.45, 7) is 3.64. The average molecular weight is 583 g/mol. The third kappa shape index (κ3) is 5.90. The molecule has 0 aliphatic carbocycles. The Hall–Kier alpha value is -3.31. The van der Waals surface area contributed by atoms with Crippen molar-refractivity contribution in [1.29, 1.82) is 0 Å². The van der Waals surface area contributed by atoms with Gasteiger partial charge in [0.2, 0.25) is 0 Å². The molecule has 2 aromatic carbocycles. The van der Waals surface area contributed by atoms with Gasteiger partial charge in [0.25, 0.3) is 5.91 Å². The molecule has 188 valence electrons. The van der Waals surface area contributed by atoms with Crippen LogP contribution >= 0.6 is 27.5 Å². The largest absolute Gasteiger partial charge is 0.470 e. The van der Waals surface area contributed by atoms with Crippen LogP contribution in [-0.2, 0) is 19.5 Å². The van der Waals surface area contributed by atoms with E-state index in [0.29, 0.717) is 37.9 Å². The maximum Gasteiger partial charge on any atom is 0.416 e. The smallest absolute Gasteiger partial charge is 0.416 e. The van der Waals surface area contributed by atoms with E-state index in [1.54, 1.807) is 55.1 Å². The number of nitrogens with zero attached hydrogens (tertiary/aromatic N) is 4. The molecule has 4 aromatic rings. The van der Waals surface area contributed by atoms with Gasteiger partial charge in [0.05, 0.1) is 33.7 Å². The van der Waals surface area contributed by atoms with Crippen LogP contribution in [0.3, 0.4) is 0 Å². The van der Waals surface area contributed by atoms with Crippen molar-refractivity contribution in [3.63, 3.8) is 0 Å². The van der Waals surface area contributed by atoms with Crippen molar-refractivity contribution in [2.75, 3.05) is 5.32 Å². The van der Waals surface area contributed by atoms with Crippen molar-refractivity contribution in [3.05, 3.63) is 92.4 Å². The van der Waals surface area contributed by atoms with Gasteiger partial charge in [-0.3, -0.25) is 9.48 Å². The van der Waals surface area contributed by atoms with E-state index in [1.807, 2.05) is 0 Å². The van der Waals surface area contributed by atoms with Crippen molar-refractivity contribution in [2.24, 2.45) is 0 Å². The van der Waals surface area contributed by atoms with E-state index >= 15 is 0 Å². The molecule has 0 unspecified atom stereocenters. The molecule has 1 amide bonds. The normalized spacial score (nSPS) is 11.5. The molecule has 0 saturated carbocycles. The highest BCUT2D eigenvalue weighted by atomic mass is 79.9. The predicted octanol–water partition coefficient (Wildman–Crippen LogP) is 6.47. The third-order valence-corrected chi connectivity index (χ3v) is 6.18. The Kier molecular flexibility index (Phi) is 7.41. The summed E-state index contributed by atoms with van der Waals surface area (Å²) in [7, 11) is 0. The first-order valence-corrected chi connectivity index (χ1v) is 11.8. The second kappa shape index (κ2) is 10.4. The highest BCUT2D eigenvalue weighted by molar-refractivity contribution is 9.10. The third-order valence-electron chi connectivity index (χ3n) is 5.33. The van der Waals surface area contributed by atoms with E-state index in [4.69, 9.17) is 16.3 Å². The first-order chi connectivity index (χ1) is 17.0. The fraction of sp³-hybridized carbons (Fsp3) is 0.208. The van der Waals surface area contributed by atoms with E-state index in [2.05, 4.69) is 31.4 Å². The minimum atomic E-state index is -4.43. The number of rotatable bonds is 7. The number of benzene rings is 2. The van der Waals surface area contributed by atoms with Gasteiger partial charge >= 0.3 is 6.18 Å². The SMILES string of the molecule is Cc1nn(Cc2cccc(C(F)(F)F)c2)c(C)c1NC(=O)c1ccn(COc2ccc(Cl)cc2Br)n1. The van der Waals surface area contributed by atoms with E-state index in [9.17, 15) is 18.0 Å². The lowest BCUT2D eigenvalue weighted by molar-refractivity contribution is -0.137. The molecule has 1 N–H and O–H groups in total. The summed E-state index contributed by atoms with van der Waals surface area (Å²) < 4.78 is 48.5. The van der Waals surface area contributed by atoms with E-state index < -0.39 is 17.6 Å². The molecule has 36 heavy (non-hydrogen) atoms. The van der Waals surface area contributed by atoms with Gasteiger partial charge < -0.3 is 10.1 Å². The molecular formula is C24H20BrClF3N5O2. The van der Waals surface area contributed by atoms with Gasteiger partial charge in [-0.2, -0.15) is 23.4 Å². The molecule has 0 atom stereocenters. The van der Waals surface area contributed by atoms with Crippen LogP contribution in [0.25, 0.3) is 0 Å². The number of nitrogens with one attached hydrogen (secondary N) is 1. The van der Waals surface area contributed by atoms with Crippen molar-refractivity contribution in [3.8, 4) is 5.75 Å². The second-order valence-corrected chi connectivity index (χ2v) is 9.24. The summed E-state index contributed by atoms with van der Waals surface area (Å²) >= 11 is 9.30. The maximum absolute atomic E-state index is 13.0. The quantitative estimate of drug-likeness (QED) is 0.271. The molecule has 0 bridgehead atoms. The van der Waals surface area contributed by atoms with Crippen LogP contribution < -0.4 is 10.1 Å². The fourth-order valence-corrected chi connectivity index (χ4v) is 4.31. The summed E-state index contributed by atoms with van der Waals surface area (Å²) in [4.78, 5) is 12.8.